The zero-order chi connectivity index (χ0) is 20.6. The van der Waals surface area contributed by atoms with E-state index in [0.717, 1.165) is 16.6 Å². The summed E-state index contributed by atoms with van der Waals surface area (Å²) in [7, 11) is 0. The maximum absolute atomic E-state index is 12.2. The lowest BCUT2D eigenvalue weighted by atomic mass is 9.87. The monoisotopic (exact) mass is 374 g/mol. The number of hydrogen-bond donors (Lipinski definition) is 3. The van der Waals surface area contributed by atoms with Gasteiger partial charge in [0.1, 0.15) is 17.5 Å². The molecule has 0 saturated heterocycles. The van der Waals surface area contributed by atoms with Crippen LogP contribution in [-0.2, 0) is 14.9 Å². The molecule has 7 heteroatoms. The van der Waals surface area contributed by atoms with E-state index in [1.807, 2.05) is 18.2 Å². The van der Waals surface area contributed by atoms with Gasteiger partial charge in [-0.05, 0) is 43.9 Å². The Labute approximate surface area is 160 Å². The third-order valence-corrected chi connectivity index (χ3v) is 4.28. The van der Waals surface area contributed by atoms with Gasteiger partial charge in [-0.2, -0.15) is 0 Å². The molecule has 2 amide bonds. The molecule has 2 aromatic rings. The number of carbonyl (C=O) groups excluding carboxylic acids is 2. The average molecular weight is 374 g/mol. The Bertz CT molecular complexity index is 843. The van der Waals surface area contributed by atoms with Crippen molar-refractivity contribution in [3.63, 3.8) is 0 Å². The molecule has 0 spiro atoms. The second kappa shape index (κ2) is 7.21. The molecule has 0 radical (unpaired) electrons. The maximum atomic E-state index is 12.2. The number of imidazole rings is 1. The molecule has 0 aliphatic rings. The number of H-pyrrole nitrogens is 1. The van der Waals surface area contributed by atoms with Crippen molar-refractivity contribution in [1.82, 2.24) is 15.3 Å². The molecule has 4 N–H and O–H groups in total. The average Bonchev–Trinajstić information content (AvgIpc) is 2.91. The quantitative estimate of drug-likeness (QED) is 0.760. The van der Waals surface area contributed by atoms with E-state index in [1.165, 1.54) is 0 Å². The van der Waals surface area contributed by atoms with Gasteiger partial charge >= 0.3 is 6.09 Å². The molecular formula is C20H30N4O3. The molecule has 0 fully saturated rings. The number of nitrogens with one attached hydrogen (secondary N) is 2. The zero-order valence-corrected chi connectivity index (χ0v) is 17.1. The molecule has 0 aliphatic heterocycles. The highest BCUT2D eigenvalue weighted by Gasteiger charge is 2.30. The molecule has 2 atom stereocenters. The minimum atomic E-state index is -0.720. The fourth-order valence-electron chi connectivity index (χ4n) is 2.67. The fourth-order valence-corrected chi connectivity index (χ4v) is 2.67. The van der Waals surface area contributed by atoms with Crippen LogP contribution in [0.15, 0.2) is 18.2 Å². The number of fused-ring (bicyclic) bond motifs is 1. The largest absolute Gasteiger partial charge is 0.444 e. The number of nitrogens with two attached hydrogens (primary N) is 1. The summed E-state index contributed by atoms with van der Waals surface area (Å²) in [4.78, 5) is 31.8. The number of benzene rings is 1. The standard InChI is InChI=1S/C20H30N4O3/c1-11(16(21)25)15(24-18(26)27-20(5,6)7)17-22-13-9-8-12(19(2,3)4)10-14(13)23-17/h8-11,15H,1-7H3,(H2,21,25)(H,22,23)(H,24,26)/t11?,15-/m0/s1. The second-order valence-corrected chi connectivity index (χ2v) is 8.92. The minimum absolute atomic E-state index is 0.00581. The normalized spacial score (nSPS) is 14.6. The molecule has 0 saturated carbocycles. The molecule has 1 unspecified atom stereocenters. The van der Waals surface area contributed by atoms with Gasteiger partial charge in [-0.3, -0.25) is 4.79 Å². The Morgan fingerprint density at radius 3 is 2.33 bits per heavy atom. The molecule has 0 aliphatic carbocycles. The van der Waals surface area contributed by atoms with Crippen molar-refractivity contribution in [2.75, 3.05) is 0 Å². The van der Waals surface area contributed by atoms with Crippen molar-refractivity contribution in [3.05, 3.63) is 29.6 Å². The topological polar surface area (TPSA) is 110 Å². The Morgan fingerprint density at radius 1 is 1.19 bits per heavy atom. The number of primary amides is 1. The number of carbonyl (C=O) groups is 2. The van der Waals surface area contributed by atoms with Crippen molar-refractivity contribution in [2.24, 2.45) is 11.7 Å². The van der Waals surface area contributed by atoms with Gasteiger partial charge in [-0.25, -0.2) is 9.78 Å². The predicted molar refractivity (Wildman–Crippen MR) is 105 cm³/mol. The first-order valence-corrected chi connectivity index (χ1v) is 9.07. The van der Waals surface area contributed by atoms with E-state index < -0.39 is 29.6 Å². The molecule has 1 heterocycles. The van der Waals surface area contributed by atoms with Gasteiger partial charge in [0.15, 0.2) is 0 Å². The first-order chi connectivity index (χ1) is 12.3. The summed E-state index contributed by atoms with van der Waals surface area (Å²) in [6.45, 7) is 13.4. The van der Waals surface area contributed by atoms with Gasteiger partial charge < -0.3 is 20.8 Å². The highest BCUT2D eigenvalue weighted by molar-refractivity contribution is 5.80. The zero-order valence-electron chi connectivity index (χ0n) is 17.1. The van der Waals surface area contributed by atoms with Crippen LogP contribution in [0.4, 0.5) is 4.79 Å². The summed E-state index contributed by atoms with van der Waals surface area (Å²) in [5.41, 5.74) is 7.57. The van der Waals surface area contributed by atoms with Crippen LogP contribution >= 0.6 is 0 Å². The van der Waals surface area contributed by atoms with Gasteiger partial charge in [0, 0.05) is 0 Å². The number of nitrogens with zero attached hydrogens (tertiary/aromatic N) is 1. The van der Waals surface area contributed by atoms with Crippen molar-refractivity contribution < 1.29 is 14.3 Å². The summed E-state index contributed by atoms with van der Waals surface area (Å²) < 4.78 is 5.31. The second-order valence-electron chi connectivity index (χ2n) is 8.92. The number of ether oxygens (including phenoxy) is 1. The van der Waals surface area contributed by atoms with Crippen molar-refractivity contribution in [1.29, 1.82) is 0 Å². The van der Waals surface area contributed by atoms with Crippen LogP contribution < -0.4 is 11.1 Å². The number of aromatic amines is 1. The van der Waals surface area contributed by atoms with Crippen molar-refractivity contribution >= 4 is 23.0 Å². The van der Waals surface area contributed by atoms with E-state index in [2.05, 4.69) is 36.1 Å². The number of rotatable bonds is 4. The van der Waals surface area contributed by atoms with Crippen molar-refractivity contribution in [2.45, 2.75) is 65.5 Å². The Balaban J connectivity index is 2.40. The molecule has 148 valence electrons. The first kappa shape index (κ1) is 20.7. The highest BCUT2D eigenvalue weighted by atomic mass is 16.6. The SMILES string of the molecule is CC(C(N)=O)[C@H](NC(=O)OC(C)(C)C)c1nc2ccc(C(C)(C)C)cc2[nH]1. The number of alkyl carbamates (subject to hydrolysis) is 1. The lowest BCUT2D eigenvalue weighted by Crippen LogP contribution is -2.41. The molecular weight excluding hydrogens is 344 g/mol. The first-order valence-electron chi connectivity index (χ1n) is 9.07. The molecule has 1 aromatic heterocycles. The van der Waals surface area contributed by atoms with E-state index in [1.54, 1.807) is 27.7 Å². The minimum Gasteiger partial charge on any atom is -0.444 e. The number of aromatic nitrogens is 2. The highest BCUT2D eigenvalue weighted by Crippen LogP contribution is 2.28. The van der Waals surface area contributed by atoms with Gasteiger partial charge in [0.05, 0.1) is 17.0 Å². The van der Waals surface area contributed by atoms with Gasteiger partial charge in [0.25, 0.3) is 0 Å². The van der Waals surface area contributed by atoms with E-state index in [4.69, 9.17) is 10.5 Å². The van der Waals surface area contributed by atoms with E-state index in [-0.39, 0.29) is 5.41 Å². The molecule has 1 aromatic carbocycles. The molecule has 7 nitrogen and oxygen atoms in total. The van der Waals surface area contributed by atoms with Crippen LogP contribution in [0.1, 0.15) is 65.9 Å². The Kier molecular flexibility index (Phi) is 5.54. The van der Waals surface area contributed by atoms with Crippen LogP contribution in [-0.4, -0.2) is 27.6 Å². The van der Waals surface area contributed by atoms with E-state index in [0.29, 0.717) is 5.82 Å². The van der Waals surface area contributed by atoms with Crippen LogP contribution in [0, 0.1) is 5.92 Å². The maximum Gasteiger partial charge on any atom is 0.408 e. The number of amides is 2. The predicted octanol–water partition coefficient (Wildman–Crippen LogP) is 3.55. The van der Waals surface area contributed by atoms with Gasteiger partial charge in [-0.1, -0.05) is 33.8 Å². The molecule has 27 heavy (non-hydrogen) atoms. The third kappa shape index (κ3) is 5.21. The summed E-state index contributed by atoms with van der Waals surface area (Å²) >= 11 is 0. The summed E-state index contributed by atoms with van der Waals surface area (Å²) in [6, 6.07) is 5.27. The van der Waals surface area contributed by atoms with Gasteiger partial charge in [0.2, 0.25) is 5.91 Å². The smallest absolute Gasteiger partial charge is 0.408 e. The van der Waals surface area contributed by atoms with Crippen LogP contribution in [0.25, 0.3) is 11.0 Å². The van der Waals surface area contributed by atoms with Crippen LogP contribution in [0.3, 0.4) is 0 Å². The van der Waals surface area contributed by atoms with Crippen molar-refractivity contribution in [3.8, 4) is 0 Å². The summed E-state index contributed by atoms with van der Waals surface area (Å²) in [6.07, 6.45) is -0.628. The summed E-state index contributed by atoms with van der Waals surface area (Å²) in [5, 5.41) is 2.72. The number of hydrogen-bond acceptors (Lipinski definition) is 4. The van der Waals surface area contributed by atoms with Gasteiger partial charge in [-0.15, -0.1) is 0 Å². The molecule has 2 rings (SSSR count). The summed E-state index contributed by atoms with van der Waals surface area (Å²) in [5.74, 6) is -0.736. The fraction of sp³-hybridized carbons (Fsp3) is 0.550. The molecule has 0 bridgehead atoms. The van der Waals surface area contributed by atoms with E-state index in [9.17, 15) is 9.59 Å². The third-order valence-electron chi connectivity index (χ3n) is 4.28. The van der Waals surface area contributed by atoms with E-state index >= 15 is 0 Å². The Morgan fingerprint density at radius 2 is 1.81 bits per heavy atom. The lowest BCUT2D eigenvalue weighted by molar-refractivity contribution is -0.122. The van der Waals surface area contributed by atoms with Crippen LogP contribution in [0.5, 0.6) is 0 Å². The van der Waals surface area contributed by atoms with Crippen LogP contribution in [0.2, 0.25) is 0 Å². The lowest BCUT2D eigenvalue weighted by Gasteiger charge is -2.25. The Hall–Kier alpha value is -2.57.